The molecular formula is C15H18N2O. The van der Waals surface area contributed by atoms with Crippen LogP contribution in [0.1, 0.15) is 11.1 Å². The van der Waals surface area contributed by atoms with Gasteiger partial charge in [0.05, 0.1) is 0 Å². The molecule has 1 aromatic rings. The van der Waals surface area contributed by atoms with Crippen LogP contribution >= 0.6 is 0 Å². The number of H-pyrrole nitrogens is 1. The summed E-state index contributed by atoms with van der Waals surface area (Å²) in [5.74, 6) is 0. The van der Waals surface area contributed by atoms with E-state index in [0.29, 0.717) is 6.54 Å². The number of allylic oxidation sites excluding steroid dienone is 2. The van der Waals surface area contributed by atoms with Gasteiger partial charge in [0.2, 0.25) is 0 Å². The highest BCUT2D eigenvalue weighted by atomic mass is 16.1. The lowest BCUT2D eigenvalue weighted by Gasteiger charge is -2.28. The van der Waals surface area contributed by atoms with Crippen LogP contribution in [0.15, 0.2) is 54.0 Å². The van der Waals surface area contributed by atoms with E-state index >= 15 is 0 Å². The molecule has 0 saturated heterocycles. The lowest BCUT2D eigenvalue weighted by molar-refractivity contribution is 0.276. The van der Waals surface area contributed by atoms with Gasteiger partial charge in [-0.25, -0.2) is 0 Å². The third kappa shape index (κ3) is 2.87. The van der Waals surface area contributed by atoms with E-state index in [2.05, 4.69) is 23.0 Å². The summed E-state index contributed by atoms with van der Waals surface area (Å²) < 4.78 is 0. The van der Waals surface area contributed by atoms with E-state index in [1.807, 2.05) is 18.2 Å². The molecule has 0 unspecified atom stereocenters. The first-order valence-corrected chi connectivity index (χ1v) is 6.09. The molecule has 0 aliphatic carbocycles. The fraction of sp³-hybridized carbons (Fsp3) is 0.267. The molecule has 1 N–H and O–H groups in total. The van der Waals surface area contributed by atoms with Crippen molar-refractivity contribution in [1.29, 1.82) is 0 Å². The molecule has 0 aromatic carbocycles. The number of rotatable bonds is 4. The van der Waals surface area contributed by atoms with Gasteiger partial charge in [-0.2, -0.15) is 0 Å². The van der Waals surface area contributed by atoms with Gasteiger partial charge in [-0.05, 0) is 23.6 Å². The first-order chi connectivity index (χ1) is 8.70. The van der Waals surface area contributed by atoms with Crippen LogP contribution in [0.25, 0.3) is 0 Å². The van der Waals surface area contributed by atoms with Crippen LogP contribution in [0.4, 0.5) is 0 Å². The number of aromatic amines is 1. The van der Waals surface area contributed by atoms with Gasteiger partial charge in [-0.3, -0.25) is 9.69 Å². The van der Waals surface area contributed by atoms with Gasteiger partial charge in [0, 0.05) is 31.4 Å². The summed E-state index contributed by atoms with van der Waals surface area (Å²) in [6, 6.07) is 2.00. The first kappa shape index (κ1) is 12.6. The zero-order chi connectivity index (χ0) is 13.0. The Kier molecular flexibility index (Phi) is 3.95. The molecule has 1 aliphatic rings. The van der Waals surface area contributed by atoms with Gasteiger partial charge in [0.15, 0.2) is 0 Å². The maximum atomic E-state index is 11.7. The fourth-order valence-corrected chi connectivity index (χ4v) is 2.22. The first-order valence-electron chi connectivity index (χ1n) is 6.09. The Bertz CT molecular complexity index is 540. The quantitative estimate of drug-likeness (QED) is 0.820. The van der Waals surface area contributed by atoms with Crippen molar-refractivity contribution in [3.8, 4) is 0 Å². The maximum Gasteiger partial charge on any atom is 0.252 e. The molecule has 1 aliphatic heterocycles. The van der Waals surface area contributed by atoms with Crippen LogP contribution in [0.3, 0.4) is 0 Å². The van der Waals surface area contributed by atoms with Crippen molar-refractivity contribution >= 4 is 0 Å². The topological polar surface area (TPSA) is 36.1 Å². The van der Waals surface area contributed by atoms with E-state index in [9.17, 15) is 4.79 Å². The summed E-state index contributed by atoms with van der Waals surface area (Å²) in [5, 5.41) is 0. The van der Waals surface area contributed by atoms with Gasteiger partial charge in [-0.15, -0.1) is 0 Å². The summed E-state index contributed by atoms with van der Waals surface area (Å²) in [7, 11) is 0. The molecule has 18 heavy (non-hydrogen) atoms. The molecule has 3 nitrogen and oxygen atoms in total. The van der Waals surface area contributed by atoms with Gasteiger partial charge in [-0.1, -0.05) is 31.4 Å². The molecule has 0 amide bonds. The lowest BCUT2D eigenvalue weighted by Crippen LogP contribution is -2.35. The highest BCUT2D eigenvalue weighted by molar-refractivity contribution is 5.27. The highest BCUT2D eigenvalue weighted by Gasteiger charge is 2.18. The van der Waals surface area contributed by atoms with E-state index in [-0.39, 0.29) is 5.56 Å². The molecular weight excluding hydrogens is 224 g/mol. The molecule has 1 aromatic heterocycles. The number of aromatic nitrogens is 1. The van der Waals surface area contributed by atoms with Crippen LogP contribution in [0, 0.1) is 0 Å². The predicted octanol–water partition coefficient (Wildman–Crippen LogP) is 2.03. The third-order valence-electron chi connectivity index (χ3n) is 3.13. The minimum absolute atomic E-state index is 0.0319. The molecule has 0 saturated carbocycles. The van der Waals surface area contributed by atoms with E-state index in [4.69, 9.17) is 0 Å². The molecule has 0 bridgehead atoms. The summed E-state index contributed by atoms with van der Waals surface area (Å²) in [5.41, 5.74) is 3.13. The Morgan fingerprint density at radius 1 is 1.56 bits per heavy atom. The number of fused-ring (bicyclic) bond motifs is 1. The number of nitrogens with one attached hydrogen (secondary N) is 1. The second kappa shape index (κ2) is 5.65. The number of hydrogen-bond acceptors (Lipinski definition) is 2. The summed E-state index contributed by atoms with van der Waals surface area (Å²) >= 11 is 0. The molecule has 0 radical (unpaired) electrons. The van der Waals surface area contributed by atoms with Crippen LogP contribution in [0.2, 0.25) is 0 Å². The van der Waals surface area contributed by atoms with E-state index < -0.39 is 0 Å². The van der Waals surface area contributed by atoms with Gasteiger partial charge < -0.3 is 4.98 Å². The van der Waals surface area contributed by atoms with E-state index in [1.165, 1.54) is 5.56 Å². The SMILES string of the molecule is C=C/C=C\C(=C)CN1CCc2cc[nH]c(=O)c2C1. The Labute approximate surface area is 107 Å². The third-order valence-corrected chi connectivity index (χ3v) is 3.13. The number of pyridine rings is 1. The second-order valence-corrected chi connectivity index (χ2v) is 4.52. The Hall–Kier alpha value is -1.87. The van der Waals surface area contributed by atoms with Crippen molar-refractivity contribution in [3.05, 3.63) is 70.7 Å². The Balaban J connectivity index is 2.06. The molecule has 2 heterocycles. The Morgan fingerprint density at radius 3 is 3.17 bits per heavy atom. The molecule has 0 atom stereocenters. The average molecular weight is 242 g/mol. The summed E-state index contributed by atoms with van der Waals surface area (Å²) in [6.45, 7) is 10.1. The summed E-state index contributed by atoms with van der Waals surface area (Å²) in [4.78, 5) is 16.7. The normalized spacial score (nSPS) is 15.6. The fourth-order valence-electron chi connectivity index (χ4n) is 2.22. The molecule has 94 valence electrons. The zero-order valence-electron chi connectivity index (χ0n) is 10.5. The van der Waals surface area contributed by atoms with Crippen LogP contribution in [-0.2, 0) is 13.0 Å². The Morgan fingerprint density at radius 2 is 2.39 bits per heavy atom. The van der Waals surface area contributed by atoms with Crippen molar-refractivity contribution in [2.24, 2.45) is 0 Å². The van der Waals surface area contributed by atoms with E-state index in [1.54, 1.807) is 12.3 Å². The maximum absolute atomic E-state index is 11.7. The van der Waals surface area contributed by atoms with Gasteiger partial charge >= 0.3 is 0 Å². The highest BCUT2D eigenvalue weighted by Crippen LogP contribution is 2.15. The van der Waals surface area contributed by atoms with E-state index in [0.717, 1.165) is 30.6 Å². The predicted molar refractivity (Wildman–Crippen MR) is 74.5 cm³/mol. The monoisotopic (exact) mass is 242 g/mol. The number of hydrogen-bond donors (Lipinski definition) is 1. The zero-order valence-corrected chi connectivity index (χ0v) is 10.5. The van der Waals surface area contributed by atoms with Crippen LogP contribution in [-0.4, -0.2) is 23.0 Å². The lowest BCUT2D eigenvalue weighted by atomic mass is 10.0. The smallest absolute Gasteiger partial charge is 0.252 e. The standard InChI is InChI=1S/C15H18N2O/c1-3-4-5-12(2)10-17-9-7-13-6-8-16-15(18)14(13)11-17/h3-6,8H,1-2,7,9-11H2,(H,16,18)/b5-4-. The molecule has 2 rings (SSSR count). The average Bonchev–Trinajstić information content (AvgIpc) is 2.37. The van der Waals surface area contributed by atoms with Crippen molar-refractivity contribution in [2.75, 3.05) is 13.1 Å². The van der Waals surface area contributed by atoms with Crippen LogP contribution < -0.4 is 5.56 Å². The molecule has 3 heteroatoms. The van der Waals surface area contributed by atoms with Crippen LogP contribution in [0.5, 0.6) is 0 Å². The van der Waals surface area contributed by atoms with Crippen molar-refractivity contribution < 1.29 is 0 Å². The summed E-state index contributed by atoms with van der Waals surface area (Å²) in [6.07, 6.45) is 8.23. The largest absolute Gasteiger partial charge is 0.329 e. The minimum atomic E-state index is 0.0319. The van der Waals surface area contributed by atoms with Gasteiger partial charge in [0.25, 0.3) is 5.56 Å². The van der Waals surface area contributed by atoms with Gasteiger partial charge in [0.1, 0.15) is 0 Å². The van der Waals surface area contributed by atoms with Crippen molar-refractivity contribution in [3.63, 3.8) is 0 Å². The second-order valence-electron chi connectivity index (χ2n) is 4.52. The molecule has 0 fully saturated rings. The molecule has 0 spiro atoms. The van der Waals surface area contributed by atoms with Crippen molar-refractivity contribution in [2.45, 2.75) is 13.0 Å². The van der Waals surface area contributed by atoms with Crippen molar-refractivity contribution in [1.82, 2.24) is 9.88 Å². The number of nitrogens with zero attached hydrogens (tertiary/aromatic N) is 1. The minimum Gasteiger partial charge on any atom is -0.329 e.